The SMILES string of the molecule is CC1(O)CCN(C(=O)c2n[nH]c(=O)c3ccccc23)C1. The van der Waals surface area contributed by atoms with Crippen LogP contribution in [-0.2, 0) is 0 Å². The van der Waals surface area contributed by atoms with Crippen molar-refractivity contribution in [3.63, 3.8) is 0 Å². The van der Waals surface area contributed by atoms with Crippen LogP contribution in [0.25, 0.3) is 10.8 Å². The minimum absolute atomic E-state index is 0.220. The molecule has 1 aliphatic rings. The molecular formula is C14H15N3O3. The highest BCUT2D eigenvalue weighted by Gasteiger charge is 2.35. The zero-order chi connectivity index (χ0) is 14.3. The molecule has 1 amide bonds. The molecule has 1 aromatic heterocycles. The van der Waals surface area contributed by atoms with Crippen molar-refractivity contribution >= 4 is 16.7 Å². The van der Waals surface area contributed by atoms with Gasteiger partial charge in [0.2, 0.25) is 0 Å². The van der Waals surface area contributed by atoms with E-state index in [1.807, 2.05) is 0 Å². The van der Waals surface area contributed by atoms with Crippen LogP contribution in [0, 0.1) is 0 Å². The predicted octanol–water partition coefficient (Wildman–Crippen LogP) is 0.520. The van der Waals surface area contributed by atoms with E-state index in [1.54, 1.807) is 36.1 Å². The number of carbonyl (C=O) groups is 1. The number of amides is 1. The molecule has 6 nitrogen and oxygen atoms in total. The van der Waals surface area contributed by atoms with Gasteiger partial charge in [0.25, 0.3) is 11.5 Å². The highest BCUT2D eigenvalue weighted by molar-refractivity contribution is 6.04. The quantitative estimate of drug-likeness (QED) is 0.793. The molecule has 2 N–H and O–H groups in total. The van der Waals surface area contributed by atoms with Crippen molar-refractivity contribution in [2.45, 2.75) is 18.9 Å². The van der Waals surface area contributed by atoms with Crippen LogP contribution in [0.2, 0.25) is 0 Å². The van der Waals surface area contributed by atoms with Crippen molar-refractivity contribution in [1.29, 1.82) is 0 Å². The maximum atomic E-state index is 12.5. The molecule has 1 unspecified atom stereocenters. The van der Waals surface area contributed by atoms with E-state index in [9.17, 15) is 14.7 Å². The molecule has 1 aromatic carbocycles. The summed E-state index contributed by atoms with van der Waals surface area (Å²) in [6.07, 6.45) is 0.542. The third-order valence-corrected chi connectivity index (χ3v) is 3.64. The minimum Gasteiger partial charge on any atom is -0.388 e. The molecule has 2 aromatic rings. The Morgan fingerprint density at radius 3 is 2.75 bits per heavy atom. The molecule has 1 fully saturated rings. The van der Waals surface area contributed by atoms with Crippen molar-refractivity contribution in [2.75, 3.05) is 13.1 Å². The maximum Gasteiger partial charge on any atom is 0.275 e. The lowest BCUT2D eigenvalue weighted by molar-refractivity contribution is 0.0569. The van der Waals surface area contributed by atoms with Crippen LogP contribution in [0.3, 0.4) is 0 Å². The Bertz CT molecular complexity index is 736. The van der Waals surface area contributed by atoms with Gasteiger partial charge in [0, 0.05) is 18.5 Å². The third kappa shape index (κ3) is 2.08. The topological polar surface area (TPSA) is 86.3 Å². The number of rotatable bonds is 1. The summed E-state index contributed by atoms with van der Waals surface area (Å²) in [5.74, 6) is -0.268. The second-order valence-electron chi connectivity index (χ2n) is 5.42. The van der Waals surface area contributed by atoms with E-state index < -0.39 is 5.60 Å². The van der Waals surface area contributed by atoms with E-state index in [4.69, 9.17) is 0 Å². The van der Waals surface area contributed by atoms with Crippen molar-refractivity contribution in [3.8, 4) is 0 Å². The van der Waals surface area contributed by atoms with Crippen LogP contribution in [0.5, 0.6) is 0 Å². The van der Waals surface area contributed by atoms with Crippen molar-refractivity contribution in [2.24, 2.45) is 0 Å². The number of nitrogens with zero attached hydrogens (tertiary/aromatic N) is 2. The third-order valence-electron chi connectivity index (χ3n) is 3.64. The molecule has 2 heterocycles. The monoisotopic (exact) mass is 273 g/mol. The molecule has 0 aliphatic carbocycles. The standard InChI is InChI=1S/C14H15N3O3/c1-14(20)6-7-17(8-14)13(19)11-9-4-2-3-5-10(9)12(18)16-15-11/h2-5,20H,6-8H2,1H3,(H,16,18). The summed E-state index contributed by atoms with van der Waals surface area (Å²) in [5.41, 5.74) is -0.948. The first-order valence-corrected chi connectivity index (χ1v) is 6.47. The number of fused-ring (bicyclic) bond motifs is 1. The van der Waals surface area contributed by atoms with Gasteiger partial charge in [-0.15, -0.1) is 0 Å². The van der Waals surface area contributed by atoms with Gasteiger partial charge in [-0.25, -0.2) is 5.10 Å². The number of aliphatic hydroxyl groups is 1. The van der Waals surface area contributed by atoms with Crippen molar-refractivity contribution in [3.05, 3.63) is 40.3 Å². The Kier molecular flexibility index (Phi) is 2.83. The fraction of sp³-hybridized carbons (Fsp3) is 0.357. The number of hydrogen-bond acceptors (Lipinski definition) is 4. The van der Waals surface area contributed by atoms with Crippen LogP contribution in [-0.4, -0.2) is 44.8 Å². The fourth-order valence-corrected chi connectivity index (χ4v) is 2.55. The van der Waals surface area contributed by atoms with Gasteiger partial charge in [-0.05, 0) is 19.4 Å². The fourth-order valence-electron chi connectivity index (χ4n) is 2.55. The molecule has 104 valence electrons. The van der Waals surface area contributed by atoms with Gasteiger partial charge in [-0.1, -0.05) is 18.2 Å². The van der Waals surface area contributed by atoms with Crippen LogP contribution in [0.15, 0.2) is 29.1 Å². The summed E-state index contributed by atoms with van der Waals surface area (Å²) >= 11 is 0. The van der Waals surface area contributed by atoms with Gasteiger partial charge >= 0.3 is 0 Å². The molecule has 1 atom stereocenters. The van der Waals surface area contributed by atoms with Gasteiger partial charge in [0.05, 0.1) is 11.0 Å². The summed E-state index contributed by atoms with van der Waals surface area (Å²) < 4.78 is 0. The molecule has 20 heavy (non-hydrogen) atoms. The Morgan fingerprint density at radius 1 is 1.40 bits per heavy atom. The number of likely N-dealkylation sites (tertiary alicyclic amines) is 1. The largest absolute Gasteiger partial charge is 0.388 e. The lowest BCUT2D eigenvalue weighted by Gasteiger charge is -2.19. The first-order chi connectivity index (χ1) is 9.48. The van der Waals surface area contributed by atoms with E-state index in [-0.39, 0.29) is 23.7 Å². The molecule has 0 saturated carbocycles. The van der Waals surface area contributed by atoms with Crippen LogP contribution in [0.1, 0.15) is 23.8 Å². The summed E-state index contributed by atoms with van der Waals surface area (Å²) in [4.78, 5) is 25.7. The normalized spacial score (nSPS) is 22.4. The molecule has 0 spiro atoms. The van der Waals surface area contributed by atoms with E-state index in [0.29, 0.717) is 23.7 Å². The molecule has 6 heteroatoms. The van der Waals surface area contributed by atoms with Crippen molar-refractivity contribution < 1.29 is 9.90 Å². The van der Waals surface area contributed by atoms with Crippen LogP contribution in [0.4, 0.5) is 0 Å². The predicted molar refractivity (Wildman–Crippen MR) is 73.5 cm³/mol. The summed E-state index contributed by atoms with van der Waals surface area (Å²) in [6, 6.07) is 6.87. The minimum atomic E-state index is -0.854. The number of H-pyrrole nitrogens is 1. The number of carbonyl (C=O) groups excluding carboxylic acids is 1. The van der Waals surface area contributed by atoms with E-state index in [1.165, 1.54) is 0 Å². The number of hydrogen-bond donors (Lipinski definition) is 2. The highest BCUT2D eigenvalue weighted by Crippen LogP contribution is 2.23. The average Bonchev–Trinajstić information content (AvgIpc) is 2.79. The van der Waals surface area contributed by atoms with E-state index in [0.717, 1.165) is 0 Å². The Labute approximate surface area is 115 Å². The second kappa shape index (κ2) is 4.42. The smallest absolute Gasteiger partial charge is 0.275 e. The number of aromatic nitrogens is 2. The summed E-state index contributed by atoms with van der Waals surface area (Å²) in [5, 5.41) is 17.2. The first-order valence-electron chi connectivity index (χ1n) is 6.47. The van der Waals surface area contributed by atoms with Gasteiger partial charge in [-0.3, -0.25) is 9.59 Å². The number of benzene rings is 1. The van der Waals surface area contributed by atoms with Gasteiger partial charge in [0.15, 0.2) is 5.69 Å². The van der Waals surface area contributed by atoms with Crippen LogP contribution >= 0.6 is 0 Å². The highest BCUT2D eigenvalue weighted by atomic mass is 16.3. The average molecular weight is 273 g/mol. The molecular weight excluding hydrogens is 258 g/mol. The maximum absolute atomic E-state index is 12.5. The van der Waals surface area contributed by atoms with Crippen LogP contribution < -0.4 is 5.56 Å². The lowest BCUT2D eigenvalue weighted by Crippen LogP contribution is -2.35. The second-order valence-corrected chi connectivity index (χ2v) is 5.42. The number of nitrogens with one attached hydrogen (secondary N) is 1. The molecule has 0 radical (unpaired) electrons. The summed E-state index contributed by atoms with van der Waals surface area (Å²) in [7, 11) is 0. The molecule has 3 rings (SSSR count). The van der Waals surface area contributed by atoms with Gasteiger partial charge < -0.3 is 10.0 Å². The van der Waals surface area contributed by atoms with E-state index in [2.05, 4.69) is 10.2 Å². The molecule has 0 bridgehead atoms. The van der Waals surface area contributed by atoms with Crippen molar-refractivity contribution in [1.82, 2.24) is 15.1 Å². The Hall–Kier alpha value is -2.21. The van der Waals surface area contributed by atoms with E-state index >= 15 is 0 Å². The van der Waals surface area contributed by atoms with Gasteiger partial charge in [0.1, 0.15) is 0 Å². The Balaban J connectivity index is 2.05. The number of β-amino-alcohol motifs (C(OH)–C–C–N with tert-alkyl or cyclic N) is 1. The lowest BCUT2D eigenvalue weighted by atomic mass is 10.1. The number of aromatic amines is 1. The zero-order valence-electron chi connectivity index (χ0n) is 11.1. The first kappa shape index (κ1) is 12.8. The molecule has 1 saturated heterocycles. The zero-order valence-corrected chi connectivity index (χ0v) is 11.1. The van der Waals surface area contributed by atoms with Gasteiger partial charge in [-0.2, -0.15) is 5.10 Å². The molecule has 1 aliphatic heterocycles. The summed E-state index contributed by atoms with van der Waals surface area (Å²) in [6.45, 7) is 2.47. The Morgan fingerprint density at radius 2 is 2.10 bits per heavy atom.